The van der Waals surface area contributed by atoms with E-state index in [9.17, 15) is 4.79 Å². The molecule has 5 heteroatoms. The molecule has 1 aromatic heterocycles. The number of amides is 1. The van der Waals surface area contributed by atoms with Crippen molar-refractivity contribution in [2.75, 3.05) is 13.1 Å². The van der Waals surface area contributed by atoms with E-state index in [1.54, 1.807) is 0 Å². The first kappa shape index (κ1) is 17.5. The summed E-state index contributed by atoms with van der Waals surface area (Å²) in [4.78, 5) is 19.2. The fourth-order valence-corrected chi connectivity index (χ4v) is 3.16. The Morgan fingerprint density at radius 2 is 1.76 bits per heavy atom. The Morgan fingerprint density at radius 3 is 2.44 bits per heavy atom. The summed E-state index contributed by atoms with van der Waals surface area (Å²) in [6.45, 7) is 5.75. The van der Waals surface area contributed by atoms with Crippen LogP contribution in [0.3, 0.4) is 0 Å². The number of halogens is 1. The van der Waals surface area contributed by atoms with Crippen molar-refractivity contribution < 1.29 is 4.79 Å². The van der Waals surface area contributed by atoms with Gasteiger partial charge in [0, 0.05) is 24.5 Å². The van der Waals surface area contributed by atoms with Crippen LogP contribution in [-0.2, 0) is 17.8 Å². The monoisotopic (exact) mass is 355 g/mol. The van der Waals surface area contributed by atoms with Crippen molar-refractivity contribution in [2.24, 2.45) is 0 Å². The van der Waals surface area contributed by atoms with Gasteiger partial charge in [-0.05, 0) is 43.7 Å². The zero-order valence-electron chi connectivity index (χ0n) is 14.6. The Labute approximate surface area is 153 Å². The summed E-state index contributed by atoms with van der Waals surface area (Å²) in [5, 5.41) is 0.717. The van der Waals surface area contributed by atoms with E-state index in [4.69, 9.17) is 16.6 Å². The molecule has 3 aromatic rings. The minimum Gasteiger partial charge on any atom is -0.342 e. The normalized spacial score (nSPS) is 11.0. The summed E-state index contributed by atoms with van der Waals surface area (Å²) in [6.07, 6.45) is 0.664. The van der Waals surface area contributed by atoms with E-state index in [2.05, 4.69) is 0 Å². The highest BCUT2D eigenvalue weighted by molar-refractivity contribution is 6.30. The predicted octanol–water partition coefficient (Wildman–Crippen LogP) is 4.15. The van der Waals surface area contributed by atoms with Gasteiger partial charge in [0.2, 0.25) is 5.91 Å². The molecule has 3 rings (SSSR count). The molecule has 0 bridgehead atoms. The Morgan fingerprint density at radius 1 is 1.08 bits per heavy atom. The van der Waals surface area contributed by atoms with Crippen molar-refractivity contribution in [1.82, 2.24) is 14.5 Å². The topological polar surface area (TPSA) is 38.1 Å². The highest BCUT2D eigenvalue weighted by atomic mass is 35.5. The molecule has 1 amide bonds. The molecule has 25 heavy (non-hydrogen) atoms. The van der Waals surface area contributed by atoms with Crippen molar-refractivity contribution in [3.05, 3.63) is 64.9 Å². The predicted molar refractivity (Wildman–Crippen MR) is 102 cm³/mol. The van der Waals surface area contributed by atoms with Crippen molar-refractivity contribution in [2.45, 2.75) is 26.8 Å². The number of likely N-dealkylation sites (N-methyl/N-ethyl adjacent to an activating group) is 1. The third-order valence-electron chi connectivity index (χ3n) is 4.42. The fraction of sp³-hybridized carbons (Fsp3) is 0.300. The van der Waals surface area contributed by atoms with Gasteiger partial charge in [0.25, 0.3) is 0 Å². The molecule has 0 aliphatic carbocycles. The van der Waals surface area contributed by atoms with Gasteiger partial charge in [-0.15, -0.1) is 0 Å². The van der Waals surface area contributed by atoms with E-state index in [1.807, 2.05) is 71.8 Å². The SMILES string of the molecule is CCN(CC)C(=O)Cn1c(Cc2ccc(Cl)cc2)nc2ccccc21. The number of hydrogen-bond donors (Lipinski definition) is 0. The molecule has 0 spiro atoms. The summed E-state index contributed by atoms with van der Waals surface area (Å²) >= 11 is 5.97. The van der Waals surface area contributed by atoms with Gasteiger partial charge < -0.3 is 9.47 Å². The van der Waals surface area contributed by atoms with Gasteiger partial charge in [-0.1, -0.05) is 35.9 Å². The average molecular weight is 356 g/mol. The van der Waals surface area contributed by atoms with Crippen LogP contribution in [0.4, 0.5) is 0 Å². The Bertz CT molecular complexity index is 866. The first-order chi connectivity index (χ1) is 12.1. The van der Waals surface area contributed by atoms with E-state index < -0.39 is 0 Å². The quantitative estimate of drug-likeness (QED) is 0.666. The maximum absolute atomic E-state index is 12.6. The van der Waals surface area contributed by atoms with Crippen LogP contribution < -0.4 is 0 Å². The molecule has 0 unspecified atom stereocenters. The third-order valence-corrected chi connectivity index (χ3v) is 4.67. The third kappa shape index (κ3) is 3.85. The zero-order valence-corrected chi connectivity index (χ0v) is 15.3. The number of nitrogens with zero attached hydrogens (tertiary/aromatic N) is 3. The van der Waals surface area contributed by atoms with E-state index >= 15 is 0 Å². The molecule has 0 aliphatic rings. The summed E-state index contributed by atoms with van der Waals surface area (Å²) in [6, 6.07) is 15.7. The van der Waals surface area contributed by atoms with Gasteiger partial charge in [-0.25, -0.2) is 4.98 Å². The molecular weight excluding hydrogens is 334 g/mol. The van der Waals surface area contributed by atoms with Gasteiger partial charge in [-0.3, -0.25) is 4.79 Å². The lowest BCUT2D eigenvalue weighted by Gasteiger charge is -2.20. The number of hydrogen-bond acceptors (Lipinski definition) is 2. The summed E-state index contributed by atoms with van der Waals surface area (Å²) in [5.41, 5.74) is 3.03. The number of benzene rings is 2. The number of imidazole rings is 1. The van der Waals surface area contributed by atoms with Gasteiger partial charge in [-0.2, -0.15) is 0 Å². The van der Waals surface area contributed by atoms with Gasteiger partial charge in [0.05, 0.1) is 11.0 Å². The molecule has 130 valence electrons. The molecule has 0 saturated carbocycles. The molecule has 4 nitrogen and oxygen atoms in total. The molecule has 0 radical (unpaired) electrons. The van der Waals surface area contributed by atoms with Gasteiger partial charge in [0.15, 0.2) is 0 Å². The van der Waals surface area contributed by atoms with Crippen LogP contribution in [0.2, 0.25) is 5.02 Å². The van der Waals surface area contributed by atoms with Crippen LogP contribution in [0.1, 0.15) is 25.2 Å². The van der Waals surface area contributed by atoms with E-state index in [1.165, 1.54) is 0 Å². The molecule has 0 N–H and O–H groups in total. The Balaban J connectivity index is 1.97. The van der Waals surface area contributed by atoms with Gasteiger partial charge >= 0.3 is 0 Å². The number of carbonyl (C=O) groups excluding carboxylic acids is 1. The average Bonchev–Trinajstić information content (AvgIpc) is 2.95. The lowest BCUT2D eigenvalue weighted by molar-refractivity contribution is -0.131. The second kappa shape index (κ2) is 7.70. The maximum atomic E-state index is 12.6. The number of aromatic nitrogens is 2. The summed E-state index contributed by atoms with van der Waals surface area (Å²) in [7, 11) is 0. The minimum atomic E-state index is 0.116. The molecule has 1 heterocycles. The Hall–Kier alpha value is -2.33. The molecule has 0 fully saturated rings. The van der Waals surface area contributed by atoms with Crippen molar-refractivity contribution in [1.29, 1.82) is 0 Å². The molecular formula is C20H22ClN3O. The molecule has 0 atom stereocenters. The first-order valence-electron chi connectivity index (χ1n) is 8.58. The lowest BCUT2D eigenvalue weighted by Crippen LogP contribution is -2.33. The van der Waals surface area contributed by atoms with E-state index in [0.29, 0.717) is 31.1 Å². The van der Waals surface area contributed by atoms with Crippen LogP contribution in [0.25, 0.3) is 11.0 Å². The van der Waals surface area contributed by atoms with Crippen LogP contribution in [0.15, 0.2) is 48.5 Å². The summed E-state index contributed by atoms with van der Waals surface area (Å²) in [5.74, 6) is 1.01. The number of fused-ring (bicyclic) bond motifs is 1. The molecule has 2 aromatic carbocycles. The van der Waals surface area contributed by atoms with Crippen molar-refractivity contribution >= 4 is 28.5 Å². The number of para-hydroxylation sites is 2. The van der Waals surface area contributed by atoms with Crippen LogP contribution in [0.5, 0.6) is 0 Å². The zero-order chi connectivity index (χ0) is 17.8. The highest BCUT2D eigenvalue weighted by Gasteiger charge is 2.16. The lowest BCUT2D eigenvalue weighted by atomic mass is 10.1. The first-order valence-corrected chi connectivity index (χ1v) is 8.96. The highest BCUT2D eigenvalue weighted by Crippen LogP contribution is 2.20. The summed E-state index contributed by atoms with van der Waals surface area (Å²) < 4.78 is 2.03. The smallest absolute Gasteiger partial charge is 0.242 e. The second-order valence-corrected chi connectivity index (χ2v) is 6.41. The standard InChI is InChI=1S/C20H22ClN3O/c1-3-23(4-2)20(25)14-24-18-8-6-5-7-17(18)22-19(24)13-15-9-11-16(21)12-10-15/h5-12H,3-4,13-14H2,1-2H3. The number of carbonyl (C=O) groups is 1. The second-order valence-electron chi connectivity index (χ2n) is 5.97. The fourth-order valence-electron chi connectivity index (χ4n) is 3.03. The van der Waals surface area contributed by atoms with Crippen molar-refractivity contribution in [3.8, 4) is 0 Å². The Kier molecular flexibility index (Phi) is 5.39. The maximum Gasteiger partial charge on any atom is 0.242 e. The van der Waals surface area contributed by atoms with Crippen molar-refractivity contribution in [3.63, 3.8) is 0 Å². The van der Waals surface area contributed by atoms with Crippen LogP contribution >= 0.6 is 11.6 Å². The molecule has 0 saturated heterocycles. The van der Waals surface area contributed by atoms with Crippen LogP contribution in [0, 0.1) is 0 Å². The minimum absolute atomic E-state index is 0.116. The molecule has 0 aliphatic heterocycles. The number of rotatable bonds is 6. The van der Waals surface area contributed by atoms with Crippen LogP contribution in [-0.4, -0.2) is 33.4 Å². The van der Waals surface area contributed by atoms with E-state index in [0.717, 1.165) is 22.4 Å². The largest absolute Gasteiger partial charge is 0.342 e. The van der Waals surface area contributed by atoms with E-state index in [-0.39, 0.29) is 5.91 Å². The van der Waals surface area contributed by atoms with Gasteiger partial charge in [0.1, 0.15) is 12.4 Å².